The molecule has 0 saturated carbocycles. The molecule has 0 nitrogen and oxygen atoms in total. The first-order valence-electron chi connectivity index (χ1n) is 3.70. The Morgan fingerprint density at radius 2 is 1.89 bits per heavy atom. The van der Waals surface area contributed by atoms with E-state index in [-0.39, 0.29) is 0 Å². The minimum Gasteiger partial charge on any atom is -0.0885 e. The fraction of sp³-hybridized carbons (Fsp3) is 0.556. The maximum absolute atomic E-state index is 3.25. The number of rotatable bonds is 0. The van der Waals surface area contributed by atoms with Gasteiger partial charge in [-0.25, -0.2) is 0 Å². The number of hydrogen-bond acceptors (Lipinski definition) is 0. The second kappa shape index (κ2) is 4.37. The molecule has 0 amide bonds. The third-order valence-corrected chi connectivity index (χ3v) is 1.49. The van der Waals surface area contributed by atoms with Gasteiger partial charge in [0.15, 0.2) is 0 Å². The van der Waals surface area contributed by atoms with Gasteiger partial charge in [0, 0.05) is 0 Å². The van der Waals surface area contributed by atoms with Crippen molar-refractivity contribution in [2.45, 2.75) is 32.1 Å². The molecule has 0 unspecified atom stereocenters. The lowest BCUT2D eigenvalue weighted by Gasteiger charge is -1.85. The van der Waals surface area contributed by atoms with Gasteiger partial charge in [-0.1, -0.05) is 18.2 Å². The summed E-state index contributed by atoms with van der Waals surface area (Å²) in [4.78, 5) is 0. The Bertz CT molecular complexity index is 95.2. The summed E-state index contributed by atoms with van der Waals surface area (Å²) >= 11 is 0. The SMILES string of the molecule is [C]1=C\CCC/C=C\CC/1. The zero-order chi connectivity index (χ0) is 6.36. The van der Waals surface area contributed by atoms with Crippen LogP contribution >= 0.6 is 0 Å². The van der Waals surface area contributed by atoms with Gasteiger partial charge >= 0.3 is 0 Å². The van der Waals surface area contributed by atoms with E-state index in [9.17, 15) is 0 Å². The molecule has 0 aromatic heterocycles. The second-order valence-corrected chi connectivity index (χ2v) is 2.35. The van der Waals surface area contributed by atoms with E-state index < -0.39 is 0 Å². The molecule has 0 spiro atoms. The van der Waals surface area contributed by atoms with Crippen molar-refractivity contribution in [1.82, 2.24) is 0 Å². The fourth-order valence-electron chi connectivity index (χ4n) is 0.944. The van der Waals surface area contributed by atoms with E-state index in [0.29, 0.717) is 0 Å². The van der Waals surface area contributed by atoms with Gasteiger partial charge in [0.2, 0.25) is 0 Å². The van der Waals surface area contributed by atoms with Gasteiger partial charge in [-0.05, 0) is 38.2 Å². The van der Waals surface area contributed by atoms with Crippen molar-refractivity contribution in [3.8, 4) is 0 Å². The van der Waals surface area contributed by atoms with Crippen molar-refractivity contribution in [2.75, 3.05) is 0 Å². The van der Waals surface area contributed by atoms with Crippen LogP contribution in [-0.2, 0) is 0 Å². The molecule has 1 radical (unpaired) electrons. The minimum atomic E-state index is 1.11. The summed E-state index contributed by atoms with van der Waals surface area (Å²) in [5.74, 6) is 0. The van der Waals surface area contributed by atoms with Crippen molar-refractivity contribution in [3.63, 3.8) is 0 Å². The van der Waals surface area contributed by atoms with E-state index in [1.807, 2.05) is 0 Å². The third kappa shape index (κ3) is 3.12. The van der Waals surface area contributed by atoms with Crippen LogP contribution in [0, 0.1) is 6.08 Å². The first-order valence-corrected chi connectivity index (χ1v) is 3.70. The standard InChI is InChI=1S/C9H13/c1-2-4-6-8-9-7-5-3-1/h1-2,9H,3-7H2/b2-1-,9-8?. The van der Waals surface area contributed by atoms with Crippen LogP contribution in [0.2, 0.25) is 0 Å². The summed E-state index contributed by atoms with van der Waals surface area (Å²) in [7, 11) is 0. The van der Waals surface area contributed by atoms with E-state index in [4.69, 9.17) is 0 Å². The molecule has 0 aromatic carbocycles. The van der Waals surface area contributed by atoms with Gasteiger partial charge in [-0.3, -0.25) is 0 Å². The summed E-state index contributed by atoms with van der Waals surface area (Å²) < 4.78 is 0. The van der Waals surface area contributed by atoms with E-state index >= 15 is 0 Å². The molecule has 49 valence electrons. The fourth-order valence-corrected chi connectivity index (χ4v) is 0.944. The molecule has 1 aliphatic carbocycles. The van der Waals surface area contributed by atoms with Gasteiger partial charge < -0.3 is 0 Å². The van der Waals surface area contributed by atoms with Crippen LogP contribution in [0.5, 0.6) is 0 Å². The van der Waals surface area contributed by atoms with Crippen LogP contribution in [-0.4, -0.2) is 0 Å². The number of hydrogen-bond donors (Lipinski definition) is 0. The summed E-state index contributed by atoms with van der Waals surface area (Å²) in [5.41, 5.74) is 0. The molecule has 0 atom stereocenters. The van der Waals surface area contributed by atoms with Crippen molar-refractivity contribution in [1.29, 1.82) is 0 Å². The summed E-state index contributed by atoms with van der Waals surface area (Å²) in [6.07, 6.45) is 16.0. The molecule has 1 rings (SSSR count). The van der Waals surface area contributed by atoms with Crippen molar-refractivity contribution < 1.29 is 0 Å². The molecular formula is C9H13. The highest BCUT2D eigenvalue weighted by atomic mass is 13.9. The molecule has 0 fully saturated rings. The quantitative estimate of drug-likeness (QED) is 0.432. The van der Waals surface area contributed by atoms with Crippen LogP contribution < -0.4 is 0 Å². The predicted molar refractivity (Wildman–Crippen MR) is 40.0 cm³/mol. The molecule has 0 heteroatoms. The Balaban J connectivity index is 2.28. The van der Waals surface area contributed by atoms with E-state index in [0.717, 1.165) is 6.42 Å². The van der Waals surface area contributed by atoms with Crippen molar-refractivity contribution in [3.05, 3.63) is 24.3 Å². The zero-order valence-electron chi connectivity index (χ0n) is 5.77. The van der Waals surface area contributed by atoms with E-state index in [1.165, 1.54) is 25.7 Å². The second-order valence-electron chi connectivity index (χ2n) is 2.35. The monoisotopic (exact) mass is 121 g/mol. The molecule has 0 saturated heterocycles. The highest BCUT2D eigenvalue weighted by Crippen LogP contribution is 2.03. The molecular weight excluding hydrogens is 108 g/mol. The number of allylic oxidation sites excluding steroid dienone is 4. The van der Waals surface area contributed by atoms with Crippen LogP contribution in [0.25, 0.3) is 0 Å². The Morgan fingerprint density at radius 3 is 2.89 bits per heavy atom. The molecule has 0 bridgehead atoms. The molecule has 0 heterocycles. The average Bonchev–Trinajstić information content (AvgIpc) is 2.00. The van der Waals surface area contributed by atoms with Gasteiger partial charge in [0.05, 0.1) is 0 Å². The molecule has 9 heavy (non-hydrogen) atoms. The van der Waals surface area contributed by atoms with E-state index in [1.54, 1.807) is 0 Å². The summed E-state index contributed by atoms with van der Waals surface area (Å²) in [6.45, 7) is 0. The normalized spacial score (nSPS) is 27.6. The lowest BCUT2D eigenvalue weighted by atomic mass is 10.2. The Hall–Kier alpha value is -0.520. The van der Waals surface area contributed by atoms with Crippen LogP contribution in [0.15, 0.2) is 18.2 Å². The van der Waals surface area contributed by atoms with Gasteiger partial charge in [-0.15, -0.1) is 0 Å². The molecule has 0 aromatic rings. The van der Waals surface area contributed by atoms with Crippen molar-refractivity contribution in [2.24, 2.45) is 0 Å². The van der Waals surface area contributed by atoms with Gasteiger partial charge in [0.25, 0.3) is 0 Å². The maximum atomic E-state index is 3.25. The third-order valence-electron chi connectivity index (χ3n) is 1.49. The zero-order valence-corrected chi connectivity index (χ0v) is 5.77. The topological polar surface area (TPSA) is 0 Å². The van der Waals surface area contributed by atoms with Crippen LogP contribution in [0.3, 0.4) is 0 Å². The van der Waals surface area contributed by atoms with Crippen LogP contribution in [0.1, 0.15) is 32.1 Å². The maximum Gasteiger partial charge on any atom is -0.0245 e. The first kappa shape index (κ1) is 6.60. The highest BCUT2D eigenvalue weighted by molar-refractivity contribution is 4.87. The molecule has 0 aliphatic heterocycles. The highest BCUT2D eigenvalue weighted by Gasteiger charge is 1.84. The molecule has 1 aliphatic rings. The minimum absolute atomic E-state index is 1.11. The van der Waals surface area contributed by atoms with Crippen LogP contribution in [0.4, 0.5) is 0 Å². The lowest BCUT2D eigenvalue weighted by Crippen LogP contribution is -1.65. The Morgan fingerprint density at radius 1 is 1.00 bits per heavy atom. The first-order chi connectivity index (χ1) is 4.50. The Labute approximate surface area is 57.3 Å². The smallest absolute Gasteiger partial charge is 0.0245 e. The summed E-state index contributed by atoms with van der Waals surface area (Å²) in [5, 5.41) is 0. The molecule has 0 N–H and O–H groups in total. The average molecular weight is 121 g/mol. The Kier molecular flexibility index (Phi) is 3.20. The van der Waals surface area contributed by atoms with Crippen molar-refractivity contribution >= 4 is 0 Å². The van der Waals surface area contributed by atoms with Gasteiger partial charge in [0.1, 0.15) is 0 Å². The largest absolute Gasteiger partial charge is 0.0885 e. The van der Waals surface area contributed by atoms with Gasteiger partial charge in [-0.2, -0.15) is 0 Å². The summed E-state index contributed by atoms with van der Waals surface area (Å²) in [6, 6.07) is 0. The lowest BCUT2D eigenvalue weighted by molar-refractivity contribution is 0.867. The predicted octanol–water partition coefficient (Wildman–Crippen LogP) is 2.87. The van der Waals surface area contributed by atoms with E-state index in [2.05, 4.69) is 24.3 Å².